The quantitative estimate of drug-likeness (QED) is 0.553. The minimum absolute atomic E-state index is 0.0146. The molecule has 2 heteroatoms. The molecule has 0 fully saturated rings. The maximum Gasteiger partial charge on any atom is 0.0937 e. The lowest BCUT2D eigenvalue weighted by atomic mass is 10.0. The van der Waals surface area contributed by atoms with Crippen LogP contribution in [-0.4, -0.2) is 19.8 Å². The van der Waals surface area contributed by atoms with E-state index < -0.39 is 0 Å². The van der Waals surface area contributed by atoms with Gasteiger partial charge in [0.05, 0.1) is 13.2 Å². The predicted molar refractivity (Wildman–Crippen MR) is 61.3 cm³/mol. The summed E-state index contributed by atoms with van der Waals surface area (Å²) in [5, 5.41) is 3.03. The molecule has 1 atom stereocenters. The van der Waals surface area contributed by atoms with Crippen LogP contribution >= 0.6 is 0 Å². The van der Waals surface area contributed by atoms with Crippen molar-refractivity contribution in [2.24, 2.45) is 5.92 Å². The summed E-state index contributed by atoms with van der Waals surface area (Å²) >= 11 is 0. The molecule has 0 amide bonds. The first-order valence-corrected chi connectivity index (χ1v) is 5.11. The second kappa shape index (κ2) is 7.03. The van der Waals surface area contributed by atoms with Crippen LogP contribution in [0.4, 0.5) is 4.39 Å². The van der Waals surface area contributed by atoms with Gasteiger partial charge in [0.1, 0.15) is 0 Å². The summed E-state index contributed by atoms with van der Waals surface area (Å²) in [5.74, 6) is 2.49. The molecule has 15 heavy (non-hydrogen) atoms. The third-order valence-electron chi connectivity index (χ3n) is 2.25. The molecule has 0 spiro atoms. The van der Waals surface area contributed by atoms with Crippen molar-refractivity contribution < 1.29 is 4.39 Å². The summed E-state index contributed by atoms with van der Waals surface area (Å²) in [7, 11) is 0. The highest BCUT2D eigenvalue weighted by Gasteiger charge is 2.08. The van der Waals surface area contributed by atoms with Gasteiger partial charge in [0.15, 0.2) is 0 Å². The molecule has 0 radical (unpaired) electrons. The average molecular weight is 205 g/mol. The number of halogens is 1. The van der Waals surface area contributed by atoms with Crippen LogP contribution < -0.4 is 5.32 Å². The number of nitrogens with one attached hydrogen (secondary N) is 1. The van der Waals surface area contributed by atoms with Gasteiger partial charge >= 0.3 is 0 Å². The van der Waals surface area contributed by atoms with Gasteiger partial charge in [-0.2, -0.15) is 0 Å². The lowest BCUT2D eigenvalue weighted by molar-refractivity contribution is 0.349. The monoisotopic (exact) mass is 205 g/mol. The van der Waals surface area contributed by atoms with Crippen LogP contribution in [0.5, 0.6) is 0 Å². The van der Waals surface area contributed by atoms with E-state index in [9.17, 15) is 4.39 Å². The first-order chi connectivity index (χ1) is 7.36. The number of alkyl halides is 1. The van der Waals surface area contributed by atoms with Gasteiger partial charge in [-0.3, -0.25) is 4.39 Å². The highest BCUT2D eigenvalue weighted by atomic mass is 19.1. The highest BCUT2D eigenvalue weighted by Crippen LogP contribution is 2.08. The third-order valence-corrected chi connectivity index (χ3v) is 2.25. The zero-order valence-corrected chi connectivity index (χ0v) is 8.75. The van der Waals surface area contributed by atoms with Crippen LogP contribution in [0.2, 0.25) is 0 Å². The maximum atomic E-state index is 12.7. The van der Waals surface area contributed by atoms with E-state index in [2.05, 4.69) is 11.2 Å². The number of terminal acetylenes is 1. The number of hydrogen-bond donors (Lipinski definition) is 1. The Morgan fingerprint density at radius 1 is 1.33 bits per heavy atom. The minimum Gasteiger partial charge on any atom is -0.306 e. The number of rotatable bonds is 6. The Bertz CT molecular complexity index is 302. The van der Waals surface area contributed by atoms with Gasteiger partial charge in [-0.1, -0.05) is 36.3 Å². The molecule has 0 aliphatic rings. The van der Waals surface area contributed by atoms with Crippen molar-refractivity contribution in [3.05, 3.63) is 35.9 Å². The Labute approximate surface area is 90.7 Å². The van der Waals surface area contributed by atoms with Crippen molar-refractivity contribution in [1.29, 1.82) is 0 Å². The summed E-state index contributed by atoms with van der Waals surface area (Å²) < 4.78 is 12.7. The molecule has 1 nitrogen and oxygen atoms in total. The molecule has 0 bridgehead atoms. The lowest BCUT2D eigenvalue weighted by Gasteiger charge is -2.12. The van der Waals surface area contributed by atoms with Crippen molar-refractivity contribution in [1.82, 2.24) is 5.32 Å². The molecule has 1 rings (SSSR count). The van der Waals surface area contributed by atoms with E-state index in [1.54, 1.807) is 0 Å². The molecule has 0 aliphatic carbocycles. The molecule has 0 aliphatic heterocycles. The third kappa shape index (κ3) is 4.62. The first kappa shape index (κ1) is 11.7. The van der Waals surface area contributed by atoms with E-state index in [1.807, 2.05) is 30.3 Å². The van der Waals surface area contributed by atoms with E-state index >= 15 is 0 Å². The first-order valence-electron chi connectivity index (χ1n) is 5.11. The van der Waals surface area contributed by atoms with E-state index in [4.69, 9.17) is 6.42 Å². The van der Waals surface area contributed by atoms with Crippen LogP contribution in [-0.2, 0) is 6.42 Å². The Balaban J connectivity index is 2.37. The zero-order chi connectivity index (χ0) is 10.9. The van der Waals surface area contributed by atoms with Gasteiger partial charge < -0.3 is 5.32 Å². The summed E-state index contributed by atoms with van der Waals surface area (Å²) in [6.45, 7) is 0.827. The molecule has 0 unspecified atom stereocenters. The normalized spacial score (nSPS) is 12.0. The van der Waals surface area contributed by atoms with Crippen molar-refractivity contribution >= 4 is 0 Å². The summed E-state index contributed by atoms with van der Waals surface area (Å²) in [6, 6.07) is 9.94. The predicted octanol–water partition coefficient (Wildman–Crippen LogP) is 2.04. The number of hydrogen-bond acceptors (Lipinski definition) is 1. The van der Waals surface area contributed by atoms with Crippen LogP contribution in [0, 0.1) is 18.3 Å². The molecule has 0 saturated carbocycles. The molecule has 0 heterocycles. The summed E-state index contributed by atoms with van der Waals surface area (Å²) in [5.41, 5.74) is 1.17. The van der Waals surface area contributed by atoms with Gasteiger partial charge in [0.2, 0.25) is 0 Å². The number of benzene rings is 1. The second-order valence-electron chi connectivity index (χ2n) is 3.55. The maximum absolute atomic E-state index is 12.7. The van der Waals surface area contributed by atoms with E-state index in [0.29, 0.717) is 13.1 Å². The van der Waals surface area contributed by atoms with Crippen LogP contribution in [0.3, 0.4) is 0 Å². The van der Waals surface area contributed by atoms with Crippen molar-refractivity contribution in [2.75, 3.05) is 19.8 Å². The molecule has 80 valence electrons. The van der Waals surface area contributed by atoms with Crippen molar-refractivity contribution in [3.63, 3.8) is 0 Å². The van der Waals surface area contributed by atoms with Crippen LogP contribution in [0.25, 0.3) is 0 Å². The molecular formula is C13H16FN. The van der Waals surface area contributed by atoms with Gasteiger partial charge in [0.25, 0.3) is 0 Å². The average Bonchev–Trinajstić information content (AvgIpc) is 2.29. The van der Waals surface area contributed by atoms with Crippen LogP contribution in [0.15, 0.2) is 30.3 Å². The Hall–Kier alpha value is -1.33. The van der Waals surface area contributed by atoms with Gasteiger partial charge in [-0.05, 0) is 12.0 Å². The Morgan fingerprint density at radius 3 is 2.67 bits per heavy atom. The SMILES string of the molecule is C#CCNC[C@@H](CF)Cc1ccccc1. The topological polar surface area (TPSA) is 12.0 Å². The standard InChI is InChI=1S/C13H16FN/c1-2-8-15-11-13(10-14)9-12-6-4-3-5-7-12/h1,3-7,13,15H,8-11H2/t13-/m1/s1. The van der Waals surface area contributed by atoms with Crippen molar-refractivity contribution in [2.45, 2.75) is 6.42 Å². The van der Waals surface area contributed by atoms with E-state index in [1.165, 1.54) is 5.56 Å². The molecule has 1 aromatic carbocycles. The molecule has 0 saturated heterocycles. The van der Waals surface area contributed by atoms with Gasteiger partial charge in [-0.15, -0.1) is 6.42 Å². The molecule has 1 N–H and O–H groups in total. The second-order valence-corrected chi connectivity index (χ2v) is 3.55. The van der Waals surface area contributed by atoms with Gasteiger partial charge in [0, 0.05) is 12.5 Å². The molecule has 1 aromatic rings. The zero-order valence-electron chi connectivity index (χ0n) is 8.75. The fourth-order valence-corrected chi connectivity index (χ4v) is 1.48. The fraction of sp³-hybridized carbons (Fsp3) is 0.385. The van der Waals surface area contributed by atoms with Crippen molar-refractivity contribution in [3.8, 4) is 12.3 Å². The highest BCUT2D eigenvalue weighted by molar-refractivity contribution is 5.15. The van der Waals surface area contributed by atoms with E-state index in [-0.39, 0.29) is 12.6 Å². The van der Waals surface area contributed by atoms with Crippen LogP contribution in [0.1, 0.15) is 5.56 Å². The Morgan fingerprint density at radius 2 is 2.07 bits per heavy atom. The molecular weight excluding hydrogens is 189 g/mol. The molecule has 0 aromatic heterocycles. The fourth-order valence-electron chi connectivity index (χ4n) is 1.48. The summed E-state index contributed by atoms with van der Waals surface area (Å²) in [4.78, 5) is 0. The lowest BCUT2D eigenvalue weighted by Crippen LogP contribution is -2.25. The minimum atomic E-state index is -0.313. The largest absolute Gasteiger partial charge is 0.306 e. The van der Waals surface area contributed by atoms with Gasteiger partial charge in [-0.25, -0.2) is 0 Å². The Kier molecular flexibility index (Phi) is 5.50. The summed E-state index contributed by atoms with van der Waals surface area (Å²) in [6.07, 6.45) is 5.86. The van der Waals surface area contributed by atoms with E-state index in [0.717, 1.165) is 6.42 Å². The smallest absolute Gasteiger partial charge is 0.0937 e.